The van der Waals surface area contributed by atoms with Gasteiger partial charge < -0.3 is 48.4 Å². The van der Waals surface area contributed by atoms with E-state index in [9.17, 15) is 19.2 Å². The molecule has 0 aromatic rings. The van der Waals surface area contributed by atoms with Crippen molar-refractivity contribution in [3.05, 3.63) is 11.8 Å². The molecule has 0 aromatic carbocycles. The van der Waals surface area contributed by atoms with Crippen molar-refractivity contribution in [2.75, 3.05) is 84.2 Å². The number of hydroxylamine groups is 2. The van der Waals surface area contributed by atoms with E-state index in [1.54, 1.807) is 20.8 Å². The van der Waals surface area contributed by atoms with Gasteiger partial charge in [0.25, 0.3) is 11.8 Å². The number of rotatable bonds is 9. The van der Waals surface area contributed by atoms with Crippen LogP contribution in [0.1, 0.15) is 64.8 Å². The van der Waals surface area contributed by atoms with Crippen LogP contribution in [0.3, 0.4) is 0 Å². The molecule has 0 saturated carbocycles. The molecule has 1 heterocycles. The Hall–Kier alpha value is -5.14. The second-order valence-corrected chi connectivity index (χ2v) is 7.40. The van der Waals surface area contributed by atoms with Gasteiger partial charge in [-0.25, -0.2) is 14.4 Å². The SMILES string of the molecule is C.C.C.C.C.CNC(=O)/C(C)=N/OC.CO/C=C(\C)C(=O)OC.CO/N=C(\C)C(=O)OC.CO/N=C(\C)C1=NOCCO1.COC(=O)N(C)OC. The van der Waals surface area contributed by atoms with Crippen LogP contribution in [0.25, 0.3) is 0 Å². The van der Waals surface area contributed by atoms with E-state index in [1.165, 1.54) is 84.2 Å². The Morgan fingerprint density at radius 1 is 0.725 bits per heavy atom. The summed E-state index contributed by atoms with van der Waals surface area (Å²) in [6.45, 7) is 7.43. The van der Waals surface area contributed by atoms with Gasteiger partial charge in [0, 0.05) is 14.1 Å². The Balaban J connectivity index is -0.0000000606. The number of nitrogens with one attached hydrogen (secondary N) is 1. The summed E-state index contributed by atoms with van der Waals surface area (Å²) < 4.78 is 22.6. The van der Waals surface area contributed by atoms with Gasteiger partial charge in [-0.1, -0.05) is 52.6 Å². The molecule has 0 spiro atoms. The number of methoxy groups -OCH3 is 4. The Labute approximate surface area is 305 Å². The Morgan fingerprint density at radius 3 is 1.51 bits per heavy atom. The molecule has 1 N–H and O–H groups in total. The highest BCUT2D eigenvalue weighted by Gasteiger charge is 2.11. The molecular weight excluding hydrogens is 680 g/mol. The number of hydrogen-bond acceptors (Lipinski definition) is 18. The van der Waals surface area contributed by atoms with Crippen molar-refractivity contribution in [3.8, 4) is 0 Å². The Kier molecular flexibility index (Phi) is 62.6. The van der Waals surface area contributed by atoms with E-state index in [4.69, 9.17) is 9.57 Å². The number of nitrogens with zero attached hydrogens (tertiary/aromatic N) is 5. The fraction of sp³-hybridized carbons (Fsp3) is 0.677. The van der Waals surface area contributed by atoms with Gasteiger partial charge in [-0.2, -0.15) is 5.06 Å². The van der Waals surface area contributed by atoms with E-state index >= 15 is 0 Å². The van der Waals surface area contributed by atoms with Crippen molar-refractivity contribution in [1.29, 1.82) is 0 Å². The summed E-state index contributed by atoms with van der Waals surface area (Å²) in [7, 11) is 14.0. The maximum absolute atomic E-state index is 10.6. The van der Waals surface area contributed by atoms with Crippen LogP contribution in [-0.2, 0) is 62.3 Å². The lowest BCUT2D eigenvalue weighted by Gasteiger charge is -2.11. The van der Waals surface area contributed by atoms with Gasteiger partial charge in [-0.05, 0) is 32.9 Å². The smallest absolute Gasteiger partial charge is 0.433 e. The maximum Gasteiger partial charge on any atom is 0.433 e. The number of hydrogen-bond donors (Lipinski definition) is 1. The third-order valence-corrected chi connectivity index (χ3v) is 4.10. The van der Waals surface area contributed by atoms with Crippen LogP contribution < -0.4 is 5.32 Å². The summed E-state index contributed by atoms with van der Waals surface area (Å²) in [4.78, 5) is 64.3. The first-order chi connectivity index (χ1) is 21.7. The summed E-state index contributed by atoms with van der Waals surface area (Å²) in [5, 5.41) is 17.4. The Bertz CT molecular complexity index is 956. The van der Waals surface area contributed by atoms with Gasteiger partial charge in [0.15, 0.2) is 12.3 Å². The topological polar surface area (TPSA) is 225 Å². The quantitative estimate of drug-likeness (QED) is 0.0859. The molecular formula is C31H68N6O14. The van der Waals surface area contributed by atoms with Gasteiger partial charge in [0.05, 0.1) is 47.4 Å². The maximum atomic E-state index is 10.6. The molecule has 306 valence electrons. The van der Waals surface area contributed by atoms with E-state index in [2.05, 4.69) is 64.2 Å². The minimum atomic E-state index is -0.507. The van der Waals surface area contributed by atoms with Crippen LogP contribution in [0, 0.1) is 0 Å². The van der Waals surface area contributed by atoms with Crippen molar-refractivity contribution in [1.82, 2.24) is 10.4 Å². The minimum Gasteiger partial charge on any atom is -0.504 e. The molecule has 51 heavy (non-hydrogen) atoms. The van der Waals surface area contributed by atoms with E-state index < -0.39 is 12.1 Å². The molecule has 0 saturated heterocycles. The van der Waals surface area contributed by atoms with Crippen molar-refractivity contribution in [3.63, 3.8) is 0 Å². The number of carbonyl (C=O) groups excluding carboxylic acids is 4. The second kappa shape index (κ2) is 47.0. The highest BCUT2D eigenvalue weighted by Crippen LogP contribution is 1.96. The first-order valence-corrected chi connectivity index (χ1v) is 12.7. The normalized spacial score (nSPS) is 10.9. The lowest BCUT2D eigenvalue weighted by Crippen LogP contribution is -2.25. The van der Waals surface area contributed by atoms with Crippen molar-refractivity contribution in [2.24, 2.45) is 20.6 Å². The first-order valence-electron chi connectivity index (χ1n) is 12.7. The van der Waals surface area contributed by atoms with Crippen molar-refractivity contribution < 1.29 is 67.1 Å². The average molecular weight is 749 g/mol. The van der Waals surface area contributed by atoms with Gasteiger partial charge in [0.2, 0.25) is 0 Å². The molecule has 1 aliphatic heterocycles. The highest BCUT2D eigenvalue weighted by molar-refractivity contribution is 6.38. The standard InChI is InChI=1S/C6H10N2O3.C6H10O3.C5H10N2O2.C5H9NO3.C4H9NO3.5CH4/c1-5(7-9-2)6-8-11-4-3-10-6;1-5(4-8-2)6(7)9-3;1-4(7-9-3)5(8)6-2;1-4(6-9-3)5(7)8-2;1-5(8-3)4(6)7-2;;;;;/h3-4H2,1-2H3;4H,1-3H3;1-3H3,(H,6,8);1-3H3;1-3H3;5*1H4/b7-5+;5-4+;7-4+;6-4+;;;;;;. The number of oxime groups is 4. The fourth-order valence-electron chi connectivity index (χ4n) is 1.92. The number of carbonyl (C=O) groups is 4. The molecule has 0 aromatic heterocycles. The van der Waals surface area contributed by atoms with E-state index in [1.807, 2.05) is 0 Å². The van der Waals surface area contributed by atoms with E-state index in [-0.39, 0.29) is 54.7 Å². The predicted octanol–water partition coefficient (Wildman–Crippen LogP) is 4.44. The summed E-state index contributed by atoms with van der Waals surface area (Å²) in [5.41, 5.74) is 1.56. The molecule has 0 aliphatic carbocycles. The molecule has 0 fully saturated rings. The monoisotopic (exact) mass is 748 g/mol. The zero-order valence-corrected chi connectivity index (χ0v) is 28.9. The van der Waals surface area contributed by atoms with Crippen LogP contribution in [0.4, 0.5) is 4.79 Å². The van der Waals surface area contributed by atoms with Crippen molar-refractivity contribution in [2.45, 2.75) is 64.8 Å². The molecule has 0 unspecified atom stereocenters. The second-order valence-electron chi connectivity index (χ2n) is 7.40. The molecule has 0 radical (unpaired) electrons. The van der Waals surface area contributed by atoms with Gasteiger partial charge in [0.1, 0.15) is 39.4 Å². The third-order valence-electron chi connectivity index (χ3n) is 4.10. The molecule has 1 aliphatic rings. The van der Waals surface area contributed by atoms with Crippen LogP contribution in [0.5, 0.6) is 0 Å². The highest BCUT2D eigenvalue weighted by atomic mass is 16.7. The zero-order chi connectivity index (χ0) is 36.5. The number of ether oxygens (including phenoxy) is 5. The zero-order valence-electron chi connectivity index (χ0n) is 28.9. The van der Waals surface area contributed by atoms with E-state index in [0.717, 1.165) is 5.06 Å². The lowest BCUT2D eigenvalue weighted by atomic mass is 10.3. The van der Waals surface area contributed by atoms with Crippen LogP contribution in [0.2, 0.25) is 0 Å². The van der Waals surface area contributed by atoms with Gasteiger partial charge >= 0.3 is 18.0 Å². The fourth-order valence-corrected chi connectivity index (χ4v) is 1.92. The van der Waals surface area contributed by atoms with E-state index in [0.29, 0.717) is 36.1 Å². The summed E-state index contributed by atoms with van der Waals surface area (Å²) in [5.74, 6) is -0.677. The van der Waals surface area contributed by atoms with Gasteiger partial charge in [-0.3, -0.25) is 9.63 Å². The molecule has 0 bridgehead atoms. The molecule has 0 atom stereocenters. The molecule has 20 heteroatoms. The lowest BCUT2D eigenvalue weighted by molar-refractivity contribution is -0.136. The van der Waals surface area contributed by atoms with Crippen LogP contribution in [0.15, 0.2) is 32.5 Å². The Morgan fingerprint density at radius 2 is 1.20 bits per heavy atom. The summed E-state index contributed by atoms with van der Waals surface area (Å²) >= 11 is 0. The number of amides is 2. The van der Waals surface area contributed by atoms with Crippen LogP contribution >= 0.6 is 0 Å². The number of esters is 2. The molecule has 1 rings (SSSR count). The minimum absolute atomic E-state index is 0. The first kappa shape index (κ1) is 67.9. The van der Waals surface area contributed by atoms with Gasteiger partial charge in [-0.15, -0.1) is 0 Å². The summed E-state index contributed by atoms with van der Waals surface area (Å²) in [6, 6.07) is 0. The molecule has 2 amide bonds. The van der Waals surface area contributed by atoms with Crippen LogP contribution in [-0.4, -0.2) is 136 Å². The van der Waals surface area contributed by atoms with Crippen molar-refractivity contribution >= 4 is 47.0 Å². The average Bonchev–Trinajstić information content (AvgIpc) is 3.08. The molecule has 20 nitrogen and oxygen atoms in total. The largest absolute Gasteiger partial charge is 0.504 e. The summed E-state index contributed by atoms with van der Waals surface area (Å²) in [6.07, 6.45) is 0.832. The third kappa shape index (κ3) is 40.9. The predicted molar refractivity (Wildman–Crippen MR) is 199 cm³/mol.